The molecular weight excluding hydrogens is 276 g/mol. The highest BCUT2D eigenvalue weighted by Crippen LogP contribution is 2.20. The van der Waals surface area contributed by atoms with Crippen LogP contribution < -0.4 is 10.6 Å². The van der Waals surface area contributed by atoms with Crippen LogP contribution in [0.3, 0.4) is 0 Å². The Morgan fingerprint density at radius 2 is 2.05 bits per heavy atom. The predicted molar refractivity (Wildman–Crippen MR) is 79.9 cm³/mol. The highest BCUT2D eigenvalue weighted by Gasteiger charge is 2.10. The number of H-pyrrole nitrogens is 1. The second kappa shape index (κ2) is 7.07. The van der Waals surface area contributed by atoms with E-state index in [9.17, 15) is 4.79 Å². The lowest BCUT2D eigenvalue weighted by Gasteiger charge is -2.03. The van der Waals surface area contributed by atoms with Crippen LogP contribution in [0.15, 0.2) is 30.3 Å². The summed E-state index contributed by atoms with van der Waals surface area (Å²) in [5, 5.41) is 13.5. The maximum absolute atomic E-state index is 11.9. The van der Waals surface area contributed by atoms with Gasteiger partial charge in [-0.15, -0.1) is 0 Å². The average Bonchev–Trinajstić information content (AvgIpc) is 2.94. The third-order valence-electron chi connectivity index (χ3n) is 2.80. The second-order valence-corrected chi connectivity index (χ2v) is 4.72. The second-order valence-electron chi connectivity index (χ2n) is 4.28. The molecule has 3 N–H and O–H groups in total. The first-order valence-electron chi connectivity index (χ1n) is 6.51. The largest absolute Gasteiger partial charge is 0.349 e. The molecule has 0 saturated carbocycles. The van der Waals surface area contributed by atoms with Gasteiger partial charge in [-0.3, -0.25) is 9.89 Å². The Bertz CT molecular complexity index is 565. The Kier molecular flexibility index (Phi) is 5.15. The van der Waals surface area contributed by atoms with Crippen molar-refractivity contribution in [3.8, 4) is 11.3 Å². The van der Waals surface area contributed by atoms with Crippen molar-refractivity contribution >= 4 is 17.5 Å². The van der Waals surface area contributed by atoms with Crippen LogP contribution in [0.1, 0.15) is 17.4 Å². The number of likely N-dealkylation sites (N-methyl/N-ethyl adjacent to an activating group) is 1. The van der Waals surface area contributed by atoms with Gasteiger partial charge in [0.2, 0.25) is 0 Å². The smallest absolute Gasteiger partial charge is 0.269 e. The van der Waals surface area contributed by atoms with Gasteiger partial charge in [-0.25, -0.2) is 0 Å². The quantitative estimate of drug-likeness (QED) is 0.714. The first kappa shape index (κ1) is 14.6. The molecule has 1 amide bonds. The van der Waals surface area contributed by atoms with E-state index in [0.717, 1.165) is 24.3 Å². The minimum atomic E-state index is -0.157. The van der Waals surface area contributed by atoms with Gasteiger partial charge in [0.05, 0.1) is 5.69 Å². The van der Waals surface area contributed by atoms with Crippen molar-refractivity contribution in [2.75, 3.05) is 19.6 Å². The highest BCUT2D eigenvalue weighted by molar-refractivity contribution is 6.30. The first-order chi connectivity index (χ1) is 9.70. The summed E-state index contributed by atoms with van der Waals surface area (Å²) >= 11 is 5.84. The number of carbonyl (C=O) groups is 1. The zero-order chi connectivity index (χ0) is 14.4. The molecule has 0 unspecified atom stereocenters. The maximum Gasteiger partial charge on any atom is 0.269 e. The van der Waals surface area contributed by atoms with Crippen LogP contribution in [0.2, 0.25) is 5.02 Å². The van der Waals surface area contributed by atoms with Gasteiger partial charge in [-0.2, -0.15) is 5.10 Å². The number of aromatic nitrogens is 2. The Morgan fingerprint density at radius 1 is 1.30 bits per heavy atom. The molecular formula is C14H17ClN4O. The molecule has 6 heteroatoms. The zero-order valence-corrected chi connectivity index (χ0v) is 12.0. The lowest BCUT2D eigenvalue weighted by molar-refractivity contribution is 0.0949. The van der Waals surface area contributed by atoms with E-state index in [2.05, 4.69) is 20.8 Å². The van der Waals surface area contributed by atoms with Gasteiger partial charge in [0.15, 0.2) is 0 Å². The van der Waals surface area contributed by atoms with Gasteiger partial charge < -0.3 is 10.6 Å². The molecule has 2 aromatic rings. The first-order valence-corrected chi connectivity index (χ1v) is 6.88. The normalized spacial score (nSPS) is 10.5. The molecule has 0 spiro atoms. The van der Waals surface area contributed by atoms with Gasteiger partial charge in [0.1, 0.15) is 5.69 Å². The van der Waals surface area contributed by atoms with Crippen LogP contribution in [0.5, 0.6) is 0 Å². The molecule has 0 aliphatic rings. The summed E-state index contributed by atoms with van der Waals surface area (Å²) in [6.07, 6.45) is 0. The molecule has 1 aromatic carbocycles. The SMILES string of the molecule is CCNCCNC(=O)c1cc(-c2ccc(Cl)cc2)n[nH]1. The van der Waals surface area contributed by atoms with Crippen molar-refractivity contribution in [3.63, 3.8) is 0 Å². The monoisotopic (exact) mass is 292 g/mol. The van der Waals surface area contributed by atoms with Crippen molar-refractivity contribution in [2.45, 2.75) is 6.92 Å². The van der Waals surface area contributed by atoms with E-state index >= 15 is 0 Å². The number of halogens is 1. The molecule has 106 valence electrons. The molecule has 5 nitrogen and oxygen atoms in total. The van der Waals surface area contributed by atoms with E-state index in [1.165, 1.54) is 0 Å². The number of hydrogen-bond donors (Lipinski definition) is 3. The topological polar surface area (TPSA) is 69.8 Å². The fourth-order valence-electron chi connectivity index (χ4n) is 1.74. The summed E-state index contributed by atoms with van der Waals surface area (Å²) in [6.45, 7) is 4.25. The number of amides is 1. The molecule has 0 fully saturated rings. The van der Waals surface area contributed by atoms with Crippen LogP contribution in [-0.4, -0.2) is 35.7 Å². The highest BCUT2D eigenvalue weighted by atomic mass is 35.5. The summed E-state index contributed by atoms with van der Waals surface area (Å²) in [5.74, 6) is -0.157. The molecule has 0 atom stereocenters. The Labute approximate surface area is 122 Å². The lowest BCUT2D eigenvalue weighted by atomic mass is 10.1. The third kappa shape index (κ3) is 3.82. The van der Waals surface area contributed by atoms with Crippen molar-refractivity contribution in [1.29, 1.82) is 0 Å². The molecule has 0 aliphatic heterocycles. The number of carbonyl (C=O) groups excluding carboxylic acids is 1. The van der Waals surface area contributed by atoms with Crippen LogP contribution in [0, 0.1) is 0 Å². The molecule has 0 bridgehead atoms. The van der Waals surface area contributed by atoms with Gasteiger partial charge in [-0.1, -0.05) is 30.7 Å². The van der Waals surface area contributed by atoms with Gasteiger partial charge in [-0.05, 0) is 24.7 Å². The van der Waals surface area contributed by atoms with E-state index in [-0.39, 0.29) is 5.91 Å². The Morgan fingerprint density at radius 3 is 2.75 bits per heavy atom. The fourth-order valence-corrected chi connectivity index (χ4v) is 1.87. The average molecular weight is 293 g/mol. The molecule has 0 saturated heterocycles. The summed E-state index contributed by atoms with van der Waals surface area (Å²) in [7, 11) is 0. The van der Waals surface area contributed by atoms with Gasteiger partial charge >= 0.3 is 0 Å². The van der Waals surface area contributed by atoms with Crippen LogP contribution in [0.4, 0.5) is 0 Å². The van der Waals surface area contributed by atoms with E-state index in [1.54, 1.807) is 18.2 Å². The summed E-state index contributed by atoms with van der Waals surface area (Å²) in [4.78, 5) is 11.9. The standard InChI is InChI=1S/C14H17ClN4O/c1-2-16-7-8-17-14(20)13-9-12(18-19-13)10-3-5-11(15)6-4-10/h3-6,9,16H,2,7-8H2,1H3,(H,17,20)(H,18,19). The number of nitrogens with zero attached hydrogens (tertiary/aromatic N) is 1. The van der Waals surface area contributed by atoms with E-state index in [1.807, 2.05) is 19.1 Å². The van der Waals surface area contributed by atoms with E-state index in [0.29, 0.717) is 17.3 Å². The number of nitrogens with one attached hydrogen (secondary N) is 3. The van der Waals surface area contributed by atoms with Crippen molar-refractivity contribution in [3.05, 3.63) is 41.0 Å². The van der Waals surface area contributed by atoms with E-state index in [4.69, 9.17) is 11.6 Å². The minimum Gasteiger partial charge on any atom is -0.349 e. The van der Waals surface area contributed by atoms with Crippen LogP contribution >= 0.6 is 11.6 Å². The van der Waals surface area contributed by atoms with Gasteiger partial charge in [0.25, 0.3) is 5.91 Å². The Hall–Kier alpha value is -1.85. The number of aromatic amines is 1. The van der Waals surface area contributed by atoms with E-state index < -0.39 is 0 Å². The minimum absolute atomic E-state index is 0.157. The Balaban J connectivity index is 1.98. The van der Waals surface area contributed by atoms with Crippen molar-refractivity contribution in [1.82, 2.24) is 20.8 Å². The zero-order valence-electron chi connectivity index (χ0n) is 11.2. The summed E-state index contributed by atoms with van der Waals surface area (Å²) in [6, 6.07) is 9.05. The molecule has 20 heavy (non-hydrogen) atoms. The lowest BCUT2D eigenvalue weighted by Crippen LogP contribution is -2.31. The fraction of sp³-hybridized carbons (Fsp3) is 0.286. The van der Waals surface area contributed by atoms with Crippen molar-refractivity contribution in [2.24, 2.45) is 0 Å². The maximum atomic E-state index is 11.9. The summed E-state index contributed by atoms with van der Waals surface area (Å²) < 4.78 is 0. The van der Waals surface area contributed by atoms with Crippen LogP contribution in [-0.2, 0) is 0 Å². The molecule has 0 radical (unpaired) electrons. The third-order valence-corrected chi connectivity index (χ3v) is 3.05. The molecule has 1 heterocycles. The summed E-state index contributed by atoms with van der Waals surface area (Å²) in [5.41, 5.74) is 2.09. The number of rotatable bonds is 6. The van der Waals surface area contributed by atoms with Gasteiger partial charge in [0, 0.05) is 23.7 Å². The molecule has 2 rings (SSSR count). The molecule has 1 aromatic heterocycles. The van der Waals surface area contributed by atoms with Crippen molar-refractivity contribution < 1.29 is 4.79 Å². The number of hydrogen-bond acceptors (Lipinski definition) is 3. The predicted octanol–water partition coefficient (Wildman–Crippen LogP) is 2.07. The number of benzene rings is 1. The molecule has 0 aliphatic carbocycles. The van der Waals surface area contributed by atoms with Crippen LogP contribution in [0.25, 0.3) is 11.3 Å².